The molecule has 0 bridgehead atoms. The van der Waals surface area contributed by atoms with Gasteiger partial charge in [-0.25, -0.2) is 4.79 Å². The lowest BCUT2D eigenvalue weighted by Gasteiger charge is -2.26. The minimum absolute atomic E-state index is 0.191. The van der Waals surface area contributed by atoms with Crippen LogP contribution in [0.4, 0.5) is 0 Å². The lowest BCUT2D eigenvalue weighted by molar-refractivity contribution is 0.0358. The maximum absolute atomic E-state index is 10.9. The van der Waals surface area contributed by atoms with Gasteiger partial charge in [0.1, 0.15) is 5.75 Å². The van der Waals surface area contributed by atoms with Crippen LogP contribution in [-0.2, 0) is 4.74 Å². The van der Waals surface area contributed by atoms with Gasteiger partial charge in [0.15, 0.2) is 0 Å². The number of aromatic carboxylic acids is 1. The Hall–Kier alpha value is -2.18. The van der Waals surface area contributed by atoms with E-state index < -0.39 is 5.97 Å². The number of hydrogen-bond acceptors (Lipinski definition) is 5. The molecule has 1 aromatic heterocycles. The standard InChI is InChI=1S/C17H20N2O4/c20-17(21)14-10-13-2-3-15(11-16(13)18-12-14)23-7-1-4-19-5-8-22-9-6-19/h2-3,10-12H,1,4-9H2,(H,20,21). The molecule has 2 heterocycles. The summed E-state index contributed by atoms with van der Waals surface area (Å²) in [5, 5.41) is 9.77. The second-order valence-electron chi connectivity index (χ2n) is 5.54. The number of nitrogens with zero attached hydrogens (tertiary/aromatic N) is 2. The minimum atomic E-state index is -0.970. The number of fused-ring (bicyclic) bond motifs is 1. The smallest absolute Gasteiger partial charge is 0.337 e. The van der Waals surface area contributed by atoms with Crippen LogP contribution >= 0.6 is 0 Å². The van der Waals surface area contributed by atoms with E-state index in [1.54, 1.807) is 6.07 Å². The summed E-state index contributed by atoms with van der Waals surface area (Å²) in [5.41, 5.74) is 0.928. The molecule has 0 aliphatic carbocycles. The number of hydrogen-bond donors (Lipinski definition) is 1. The number of rotatable bonds is 6. The highest BCUT2D eigenvalue weighted by Gasteiger charge is 2.09. The summed E-state index contributed by atoms with van der Waals surface area (Å²) >= 11 is 0. The van der Waals surface area contributed by atoms with E-state index in [-0.39, 0.29) is 5.56 Å². The SMILES string of the molecule is O=C(O)c1cnc2cc(OCCCN3CCOCC3)ccc2c1. The Labute approximate surface area is 134 Å². The van der Waals surface area contributed by atoms with Crippen molar-refractivity contribution in [3.8, 4) is 5.75 Å². The van der Waals surface area contributed by atoms with Gasteiger partial charge in [0.25, 0.3) is 0 Å². The van der Waals surface area contributed by atoms with Gasteiger partial charge in [0, 0.05) is 37.3 Å². The summed E-state index contributed by atoms with van der Waals surface area (Å²) < 4.78 is 11.1. The first-order chi connectivity index (χ1) is 11.2. The van der Waals surface area contributed by atoms with Crippen LogP contribution in [0.15, 0.2) is 30.5 Å². The molecule has 3 rings (SSSR count). The molecular formula is C17H20N2O4. The predicted octanol–water partition coefficient (Wildman–Crippen LogP) is 2.03. The normalized spacial score (nSPS) is 15.7. The molecule has 0 unspecified atom stereocenters. The molecule has 1 aliphatic heterocycles. The van der Waals surface area contributed by atoms with E-state index in [0.29, 0.717) is 6.61 Å². The van der Waals surface area contributed by atoms with E-state index in [4.69, 9.17) is 14.6 Å². The van der Waals surface area contributed by atoms with E-state index in [0.717, 1.165) is 55.9 Å². The van der Waals surface area contributed by atoms with E-state index in [2.05, 4.69) is 9.88 Å². The van der Waals surface area contributed by atoms with E-state index >= 15 is 0 Å². The highest BCUT2D eigenvalue weighted by molar-refractivity contribution is 5.92. The summed E-state index contributed by atoms with van der Waals surface area (Å²) in [6.45, 7) is 5.27. The van der Waals surface area contributed by atoms with Crippen LogP contribution in [0.2, 0.25) is 0 Å². The van der Waals surface area contributed by atoms with Gasteiger partial charge in [-0.3, -0.25) is 9.88 Å². The van der Waals surface area contributed by atoms with Crippen LogP contribution in [0.1, 0.15) is 16.8 Å². The Bertz CT molecular complexity index is 683. The van der Waals surface area contributed by atoms with Crippen molar-refractivity contribution in [2.75, 3.05) is 39.5 Å². The van der Waals surface area contributed by atoms with Gasteiger partial charge in [0.05, 0.1) is 30.9 Å². The number of carboxylic acids is 1. The number of aromatic nitrogens is 1. The van der Waals surface area contributed by atoms with Crippen molar-refractivity contribution < 1.29 is 19.4 Å². The van der Waals surface area contributed by atoms with Crippen molar-refractivity contribution in [3.05, 3.63) is 36.0 Å². The highest BCUT2D eigenvalue weighted by Crippen LogP contribution is 2.20. The summed E-state index contributed by atoms with van der Waals surface area (Å²) in [6.07, 6.45) is 2.33. The molecule has 1 aromatic carbocycles. The van der Waals surface area contributed by atoms with Crippen molar-refractivity contribution in [1.29, 1.82) is 0 Å². The van der Waals surface area contributed by atoms with Crippen LogP contribution in [0.5, 0.6) is 5.75 Å². The van der Waals surface area contributed by atoms with Gasteiger partial charge in [0.2, 0.25) is 0 Å². The number of ether oxygens (including phenoxy) is 2. The van der Waals surface area contributed by atoms with Crippen LogP contribution in [0.3, 0.4) is 0 Å². The van der Waals surface area contributed by atoms with Gasteiger partial charge >= 0.3 is 5.97 Å². The topological polar surface area (TPSA) is 71.9 Å². The number of carboxylic acid groups (broad SMARTS) is 1. The fourth-order valence-electron chi connectivity index (χ4n) is 2.61. The van der Waals surface area contributed by atoms with Gasteiger partial charge < -0.3 is 14.6 Å². The lowest BCUT2D eigenvalue weighted by atomic mass is 10.1. The van der Waals surface area contributed by atoms with E-state index in [1.807, 2.05) is 18.2 Å². The summed E-state index contributed by atoms with van der Waals surface area (Å²) in [7, 11) is 0. The zero-order chi connectivity index (χ0) is 16.1. The van der Waals surface area contributed by atoms with Gasteiger partial charge in [-0.1, -0.05) is 0 Å². The lowest BCUT2D eigenvalue weighted by Crippen LogP contribution is -2.37. The van der Waals surface area contributed by atoms with Gasteiger partial charge in [-0.05, 0) is 24.6 Å². The van der Waals surface area contributed by atoms with Gasteiger partial charge in [-0.2, -0.15) is 0 Å². The zero-order valence-electron chi connectivity index (χ0n) is 12.9. The first kappa shape index (κ1) is 15.7. The van der Waals surface area contributed by atoms with Crippen molar-refractivity contribution in [2.24, 2.45) is 0 Å². The molecule has 1 saturated heterocycles. The maximum Gasteiger partial charge on any atom is 0.337 e. The number of pyridine rings is 1. The van der Waals surface area contributed by atoms with E-state index in [9.17, 15) is 4.79 Å². The van der Waals surface area contributed by atoms with Crippen LogP contribution < -0.4 is 4.74 Å². The predicted molar refractivity (Wildman–Crippen MR) is 86.1 cm³/mol. The molecule has 1 fully saturated rings. The zero-order valence-corrected chi connectivity index (χ0v) is 12.9. The monoisotopic (exact) mass is 316 g/mol. The molecule has 6 heteroatoms. The molecule has 0 spiro atoms. The highest BCUT2D eigenvalue weighted by atomic mass is 16.5. The molecule has 1 aliphatic rings. The Morgan fingerprint density at radius 1 is 1.30 bits per heavy atom. The van der Waals surface area contributed by atoms with Crippen molar-refractivity contribution in [2.45, 2.75) is 6.42 Å². The van der Waals surface area contributed by atoms with E-state index in [1.165, 1.54) is 6.20 Å². The molecule has 0 saturated carbocycles. The third-order valence-corrected chi connectivity index (χ3v) is 3.89. The third kappa shape index (κ3) is 4.18. The average Bonchev–Trinajstić information content (AvgIpc) is 2.59. The molecule has 0 atom stereocenters. The number of morpholine rings is 1. The molecule has 122 valence electrons. The van der Waals surface area contributed by atoms with Gasteiger partial charge in [-0.15, -0.1) is 0 Å². The second-order valence-corrected chi connectivity index (χ2v) is 5.54. The summed E-state index contributed by atoms with van der Waals surface area (Å²) in [4.78, 5) is 17.5. The molecule has 0 radical (unpaired) electrons. The maximum atomic E-state index is 10.9. The van der Waals surface area contributed by atoms with Crippen molar-refractivity contribution >= 4 is 16.9 Å². The fourth-order valence-corrected chi connectivity index (χ4v) is 2.61. The third-order valence-electron chi connectivity index (χ3n) is 3.89. The fraction of sp³-hybridized carbons (Fsp3) is 0.412. The Morgan fingerprint density at radius 2 is 2.13 bits per heavy atom. The molecular weight excluding hydrogens is 296 g/mol. The summed E-state index contributed by atoms with van der Waals surface area (Å²) in [5.74, 6) is -0.210. The first-order valence-corrected chi connectivity index (χ1v) is 7.78. The van der Waals surface area contributed by atoms with Crippen molar-refractivity contribution in [1.82, 2.24) is 9.88 Å². The second kappa shape index (κ2) is 7.39. The molecule has 2 aromatic rings. The minimum Gasteiger partial charge on any atom is -0.493 e. The quantitative estimate of drug-likeness (QED) is 0.822. The Balaban J connectivity index is 1.53. The molecule has 6 nitrogen and oxygen atoms in total. The first-order valence-electron chi connectivity index (χ1n) is 7.78. The Morgan fingerprint density at radius 3 is 2.91 bits per heavy atom. The average molecular weight is 316 g/mol. The van der Waals surface area contributed by atoms with Crippen molar-refractivity contribution in [3.63, 3.8) is 0 Å². The molecule has 0 amide bonds. The summed E-state index contributed by atoms with van der Waals surface area (Å²) in [6, 6.07) is 7.15. The van der Waals surface area contributed by atoms with Crippen LogP contribution in [0, 0.1) is 0 Å². The largest absolute Gasteiger partial charge is 0.493 e. The number of benzene rings is 1. The molecule has 23 heavy (non-hydrogen) atoms. The number of carbonyl (C=O) groups is 1. The van der Waals surface area contributed by atoms with Crippen LogP contribution in [0.25, 0.3) is 10.9 Å². The Kier molecular flexibility index (Phi) is 5.05. The molecule has 1 N–H and O–H groups in total. The van der Waals surface area contributed by atoms with Crippen LogP contribution in [-0.4, -0.2) is 60.4 Å².